The molecule has 10 heteroatoms. The number of nitrogens with two attached hydrogens (primary N) is 2. The van der Waals surface area contributed by atoms with Crippen LogP contribution in [0.15, 0.2) is 36.4 Å². The summed E-state index contributed by atoms with van der Waals surface area (Å²) in [5, 5.41) is 21.8. The number of hydrogen-bond acceptors (Lipinski definition) is 4. The number of carbonyl (C=O) groups excluding carboxylic acids is 2. The number of halogens is 2. The molecule has 8 nitrogen and oxygen atoms in total. The normalized spacial score (nSPS) is 11.6. The average molecular weight is 495 g/mol. The van der Waals surface area contributed by atoms with Gasteiger partial charge in [-0.05, 0) is 21.5 Å². The predicted octanol–water partition coefficient (Wildman–Crippen LogP) is 4.64. The van der Waals surface area contributed by atoms with E-state index in [1.54, 1.807) is 24.3 Å². The average Bonchev–Trinajstić information content (AvgIpc) is 2.77. The molecule has 0 aliphatic carbocycles. The molecule has 0 unspecified atom stereocenters. The van der Waals surface area contributed by atoms with Crippen molar-refractivity contribution in [3.8, 4) is 0 Å². The second-order valence-corrected chi connectivity index (χ2v) is 8.43. The van der Waals surface area contributed by atoms with Crippen molar-refractivity contribution in [2.75, 3.05) is 0 Å². The number of hydrogen-bond donors (Lipinski definition) is 4. The Labute approximate surface area is 199 Å². The van der Waals surface area contributed by atoms with E-state index >= 15 is 0 Å². The molecule has 0 radical (unpaired) electrons. The molecular formula is C24H12Cl2N2O6. The number of primary amides is 2. The highest BCUT2D eigenvalue weighted by atomic mass is 35.5. The van der Waals surface area contributed by atoms with Gasteiger partial charge in [-0.2, -0.15) is 0 Å². The molecule has 2 amide bonds. The smallest absolute Gasteiger partial charge is 0.337 e. The van der Waals surface area contributed by atoms with Crippen LogP contribution in [0.2, 0.25) is 10.0 Å². The number of amides is 2. The first kappa shape index (κ1) is 21.7. The predicted molar refractivity (Wildman–Crippen MR) is 129 cm³/mol. The molecule has 0 saturated carbocycles. The molecule has 0 fully saturated rings. The van der Waals surface area contributed by atoms with Gasteiger partial charge in [0, 0.05) is 21.5 Å². The van der Waals surface area contributed by atoms with Crippen molar-refractivity contribution in [1.29, 1.82) is 0 Å². The molecule has 168 valence electrons. The topological polar surface area (TPSA) is 161 Å². The van der Waals surface area contributed by atoms with Crippen LogP contribution in [0.4, 0.5) is 0 Å². The Hall–Kier alpha value is -4.14. The van der Waals surface area contributed by atoms with Crippen molar-refractivity contribution in [3.63, 3.8) is 0 Å². The number of carbonyl (C=O) groups is 4. The molecule has 34 heavy (non-hydrogen) atoms. The summed E-state index contributed by atoms with van der Waals surface area (Å²) in [4.78, 5) is 49.9. The number of fused-ring (bicyclic) bond motifs is 2. The van der Waals surface area contributed by atoms with Gasteiger partial charge in [0.05, 0.1) is 32.3 Å². The molecule has 0 aromatic heterocycles. The first-order valence-corrected chi connectivity index (χ1v) is 10.5. The van der Waals surface area contributed by atoms with Crippen LogP contribution in [-0.2, 0) is 0 Å². The molecule has 5 rings (SSSR count). The van der Waals surface area contributed by atoms with Crippen LogP contribution < -0.4 is 11.5 Å². The van der Waals surface area contributed by atoms with Gasteiger partial charge in [-0.1, -0.05) is 59.6 Å². The Bertz CT molecular complexity index is 1790. The third-order valence-corrected chi connectivity index (χ3v) is 6.85. The van der Waals surface area contributed by atoms with Crippen LogP contribution in [0.25, 0.3) is 43.1 Å². The fourth-order valence-electron chi connectivity index (χ4n) is 4.88. The van der Waals surface area contributed by atoms with Gasteiger partial charge in [-0.15, -0.1) is 0 Å². The monoisotopic (exact) mass is 494 g/mol. The highest BCUT2D eigenvalue weighted by Gasteiger charge is 2.34. The van der Waals surface area contributed by atoms with Gasteiger partial charge >= 0.3 is 11.9 Å². The first-order chi connectivity index (χ1) is 16.1. The van der Waals surface area contributed by atoms with E-state index in [1.807, 2.05) is 12.1 Å². The second kappa shape index (κ2) is 7.18. The van der Waals surface area contributed by atoms with Gasteiger partial charge in [-0.3, -0.25) is 9.59 Å². The third-order valence-electron chi connectivity index (χ3n) is 6.00. The molecule has 0 heterocycles. The standard InChI is InChI=1S/C24H12Cl2N2O6/c25-19-12-9-6-2-4-7-3-1-5-8(10(7)9)11-13(12)14(18(20(19)26)24(33)34)17(23(31)32)16(22(28)30)15(11)21(27)29/h1-6H,(H2,27,29)(H2,28,30)(H,31,32)(H,33,34). The number of carboxylic acid groups (broad SMARTS) is 2. The van der Waals surface area contributed by atoms with Gasteiger partial charge in [0.25, 0.3) is 0 Å². The SMILES string of the molecule is NC(=O)c1c(C(=O)O)c2c(C(=O)O)c(Cl)c(Cl)c3c4cccc5cccc(c(c1C(N)=O)c23)c54. The molecule has 0 spiro atoms. The van der Waals surface area contributed by atoms with Gasteiger partial charge in [0.1, 0.15) is 0 Å². The fraction of sp³-hybridized carbons (Fsp3) is 0. The Morgan fingerprint density at radius 2 is 1.12 bits per heavy atom. The summed E-state index contributed by atoms with van der Waals surface area (Å²) in [6.45, 7) is 0. The van der Waals surface area contributed by atoms with Gasteiger partial charge in [0.2, 0.25) is 11.8 Å². The van der Waals surface area contributed by atoms with Crippen molar-refractivity contribution in [2.24, 2.45) is 11.5 Å². The second-order valence-electron chi connectivity index (χ2n) is 7.68. The first-order valence-electron chi connectivity index (χ1n) is 9.71. The summed E-state index contributed by atoms with van der Waals surface area (Å²) in [5.41, 5.74) is 8.64. The van der Waals surface area contributed by atoms with Gasteiger partial charge in [0.15, 0.2) is 0 Å². The lowest BCUT2D eigenvalue weighted by molar-refractivity contribution is 0.0693. The molecule has 0 atom stereocenters. The Kier molecular flexibility index (Phi) is 4.58. The van der Waals surface area contributed by atoms with E-state index < -0.39 is 51.0 Å². The minimum atomic E-state index is -1.69. The number of aromatic carboxylic acids is 2. The summed E-state index contributed by atoms with van der Waals surface area (Å²) >= 11 is 13.0. The highest BCUT2D eigenvalue weighted by molar-refractivity contribution is 6.53. The largest absolute Gasteiger partial charge is 0.478 e. The van der Waals surface area contributed by atoms with Crippen molar-refractivity contribution in [3.05, 3.63) is 68.7 Å². The minimum Gasteiger partial charge on any atom is -0.478 e. The van der Waals surface area contributed by atoms with Crippen LogP contribution >= 0.6 is 23.2 Å². The highest BCUT2D eigenvalue weighted by Crippen LogP contribution is 2.50. The molecule has 0 bridgehead atoms. The Morgan fingerprint density at radius 1 is 0.588 bits per heavy atom. The lowest BCUT2D eigenvalue weighted by Gasteiger charge is -2.22. The van der Waals surface area contributed by atoms with Crippen LogP contribution in [0, 0.1) is 0 Å². The lowest BCUT2D eigenvalue weighted by atomic mass is 9.81. The Morgan fingerprint density at radius 3 is 1.62 bits per heavy atom. The maximum atomic E-state index is 12.7. The number of carboxylic acids is 2. The third kappa shape index (κ3) is 2.60. The van der Waals surface area contributed by atoms with Crippen molar-refractivity contribution in [1.82, 2.24) is 0 Å². The lowest BCUT2D eigenvalue weighted by Crippen LogP contribution is -2.25. The van der Waals surface area contributed by atoms with E-state index in [2.05, 4.69) is 0 Å². The van der Waals surface area contributed by atoms with E-state index in [-0.39, 0.29) is 26.6 Å². The van der Waals surface area contributed by atoms with E-state index in [0.717, 1.165) is 5.39 Å². The molecule has 0 saturated heterocycles. The van der Waals surface area contributed by atoms with E-state index in [4.69, 9.17) is 34.7 Å². The minimum absolute atomic E-state index is 0.0363. The van der Waals surface area contributed by atoms with Crippen molar-refractivity contribution in [2.45, 2.75) is 0 Å². The molecule has 0 aliphatic heterocycles. The summed E-state index contributed by atoms with van der Waals surface area (Å²) in [5.74, 6) is -5.64. The fourth-order valence-corrected chi connectivity index (χ4v) is 5.44. The maximum absolute atomic E-state index is 12.7. The Balaban J connectivity index is 2.40. The molecular weight excluding hydrogens is 483 g/mol. The van der Waals surface area contributed by atoms with Crippen LogP contribution in [-0.4, -0.2) is 34.0 Å². The number of benzene rings is 5. The zero-order chi connectivity index (χ0) is 24.6. The summed E-state index contributed by atoms with van der Waals surface area (Å²) in [6, 6.07) is 10.5. The van der Waals surface area contributed by atoms with Crippen molar-refractivity contribution >= 4 is 90.0 Å². The van der Waals surface area contributed by atoms with Crippen molar-refractivity contribution < 1.29 is 29.4 Å². The van der Waals surface area contributed by atoms with Crippen LogP contribution in [0.5, 0.6) is 0 Å². The quantitative estimate of drug-likeness (QED) is 0.210. The molecule has 0 aliphatic rings. The number of rotatable bonds is 4. The van der Waals surface area contributed by atoms with Crippen LogP contribution in [0.3, 0.4) is 0 Å². The maximum Gasteiger partial charge on any atom is 0.337 e. The van der Waals surface area contributed by atoms with Gasteiger partial charge < -0.3 is 21.7 Å². The van der Waals surface area contributed by atoms with E-state index in [9.17, 15) is 29.4 Å². The summed E-state index contributed by atoms with van der Waals surface area (Å²) in [7, 11) is 0. The van der Waals surface area contributed by atoms with Crippen LogP contribution in [0.1, 0.15) is 41.4 Å². The van der Waals surface area contributed by atoms with Gasteiger partial charge in [-0.25, -0.2) is 9.59 Å². The molecule has 5 aromatic rings. The zero-order valence-corrected chi connectivity index (χ0v) is 18.4. The molecule has 5 aromatic carbocycles. The summed E-state index contributed by atoms with van der Waals surface area (Å²) < 4.78 is 0. The summed E-state index contributed by atoms with van der Waals surface area (Å²) in [6.07, 6.45) is 0. The van der Waals surface area contributed by atoms with E-state index in [1.165, 1.54) is 0 Å². The zero-order valence-electron chi connectivity index (χ0n) is 16.9. The molecule has 6 N–H and O–H groups in total. The van der Waals surface area contributed by atoms with E-state index in [0.29, 0.717) is 16.2 Å².